The molecule has 0 amide bonds. The molecule has 0 aliphatic heterocycles. The van der Waals surface area contributed by atoms with Crippen LogP contribution in [0.15, 0.2) is 12.2 Å². The number of allylic oxidation sites excluding steroid dienone is 1. The smallest absolute Gasteiger partial charge is 0.302 e. The Labute approximate surface area is 74.6 Å². The first kappa shape index (κ1) is 11.2. The van der Waals surface area contributed by atoms with Gasteiger partial charge >= 0.3 is 5.97 Å². The van der Waals surface area contributed by atoms with Gasteiger partial charge in [0.2, 0.25) is 0 Å². The van der Waals surface area contributed by atoms with Gasteiger partial charge in [-0.15, -0.1) is 0 Å². The van der Waals surface area contributed by atoms with Crippen molar-refractivity contribution in [3.63, 3.8) is 0 Å². The largest absolute Gasteiger partial charge is 0.465 e. The molecule has 0 radical (unpaired) electrons. The molecule has 0 N–H and O–H groups in total. The topological polar surface area (TPSA) is 26.3 Å². The summed E-state index contributed by atoms with van der Waals surface area (Å²) in [5.74, 6) is 0.187. The van der Waals surface area contributed by atoms with Gasteiger partial charge in [-0.3, -0.25) is 4.79 Å². The van der Waals surface area contributed by atoms with Crippen LogP contribution < -0.4 is 0 Å². The van der Waals surface area contributed by atoms with Gasteiger partial charge in [0, 0.05) is 12.8 Å². The van der Waals surface area contributed by atoms with Crippen LogP contribution in [0.2, 0.25) is 0 Å². The van der Waals surface area contributed by atoms with Crippen LogP contribution in [0.5, 0.6) is 0 Å². The van der Waals surface area contributed by atoms with Gasteiger partial charge in [0.05, 0.1) is 6.61 Å². The summed E-state index contributed by atoms with van der Waals surface area (Å²) in [6.45, 7) is 6.14. The van der Waals surface area contributed by atoms with Crippen molar-refractivity contribution in [2.75, 3.05) is 6.61 Å². The van der Waals surface area contributed by atoms with E-state index < -0.39 is 0 Å². The Hall–Kier alpha value is -0.790. The summed E-state index contributed by atoms with van der Waals surface area (Å²) in [5, 5.41) is 0. The van der Waals surface area contributed by atoms with Crippen LogP contribution in [-0.2, 0) is 9.53 Å². The molecule has 0 spiro atoms. The van der Waals surface area contributed by atoms with Gasteiger partial charge < -0.3 is 4.74 Å². The highest BCUT2D eigenvalue weighted by Gasteiger charge is 2.02. The molecule has 0 saturated heterocycles. The lowest BCUT2D eigenvalue weighted by atomic mass is 10.1. The van der Waals surface area contributed by atoms with Crippen molar-refractivity contribution in [2.24, 2.45) is 5.92 Å². The summed E-state index contributed by atoms with van der Waals surface area (Å²) in [4.78, 5) is 10.5. The minimum atomic E-state index is -0.196. The maximum Gasteiger partial charge on any atom is 0.302 e. The van der Waals surface area contributed by atoms with Gasteiger partial charge in [0.25, 0.3) is 0 Å². The van der Waals surface area contributed by atoms with E-state index in [-0.39, 0.29) is 5.97 Å². The molecule has 2 heteroatoms. The fourth-order valence-corrected chi connectivity index (χ4v) is 0.862. The van der Waals surface area contributed by atoms with Crippen LogP contribution in [0.3, 0.4) is 0 Å². The lowest BCUT2D eigenvalue weighted by molar-refractivity contribution is -0.141. The molecule has 0 aromatic heterocycles. The Morgan fingerprint density at radius 3 is 2.58 bits per heavy atom. The first-order chi connectivity index (χ1) is 5.70. The molecule has 0 aromatic carbocycles. The minimum Gasteiger partial charge on any atom is -0.465 e. The zero-order valence-corrected chi connectivity index (χ0v) is 8.17. The molecule has 0 fully saturated rings. The van der Waals surface area contributed by atoms with Gasteiger partial charge in [0.1, 0.15) is 0 Å². The first-order valence-electron chi connectivity index (χ1n) is 4.50. The molecule has 0 aliphatic rings. The Balaban J connectivity index is 3.67. The molecule has 12 heavy (non-hydrogen) atoms. The van der Waals surface area contributed by atoms with E-state index in [1.807, 2.05) is 0 Å². The fourth-order valence-electron chi connectivity index (χ4n) is 0.862. The summed E-state index contributed by atoms with van der Waals surface area (Å²) in [7, 11) is 0. The van der Waals surface area contributed by atoms with E-state index >= 15 is 0 Å². The van der Waals surface area contributed by atoms with Crippen LogP contribution in [0.1, 0.15) is 33.6 Å². The average Bonchev–Trinajstić information content (AvgIpc) is 2.05. The Morgan fingerprint density at radius 1 is 1.50 bits per heavy atom. The fraction of sp³-hybridized carbons (Fsp3) is 0.700. The van der Waals surface area contributed by atoms with E-state index in [0.717, 1.165) is 12.8 Å². The number of ether oxygens (including phenoxy) is 1. The monoisotopic (exact) mass is 170 g/mol. The molecule has 0 saturated carbocycles. The molecule has 0 aromatic rings. The average molecular weight is 170 g/mol. The molecular formula is C10H18O2. The predicted octanol–water partition coefficient (Wildman–Crippen LogP) is 2.54. The number of hydrogen-bond donors (Lipinski definition) is 0. The van der Waals surface area contributed by atoms with Crippen molar-refractivity contribution in [3.8, 4) is 0 Å². The van der Waals surface area contributed by atoms with E-state index in [1.165, 1.54) is 6.92 Å². The lowest BCUT2D eigenvalue weighted by Gasteiger charge is -2.08. The van der Waals surface area contributed by atoms with Gasteiger partial charge in [-0.25, -0.2) is 0 Å². The number of esters is 1. The Bertz CT molecular complexity index is 150. The second-order valence-electron chi connectivity index (χ2n) is 2.81. The van der Waals surface area contributed by atoms with Crippen molar-refractivity contribution in [1.29, 1.82) is 0 Å². The van der Waals surface area contributed by atoms with Crippen LogP contribution >= 0.6 is 0 Å². The summed E-state index contributed by atoms with van der Waals surface area (Å²) in [5.41, 5.74) is 0. The molecule has 1 atom stereocenters. The second-order valence-corrected chi connectivity index (χ2v) is 2.81. The lowest BCUT2D eigenvalue weighted by Crippen LogP contribution is -2.09. The number of carbonyl (C=O) groups excluding carboxylic acids is 1. The van der Waals surface area contributed by atoms with E-state index in [9.17, 15) is 4.79 Å². The zero-order valence-electron chi connectivity index (χ0n) is 8.17. The highest BCUT2D eigenvalue weighted by molar-refractivity contribution is 5.65. The van der Waals surface area contributed by atoms with Gasteiger partial charge in [-0.05, 0) is 12.8 Å². The molecule has 70 valence electrons. The van der Waals surface area contributed by atoms with Gasteiger partial charge in [-0.1, -0.05) is 26.0 Å². The molecule has 0 heterocycles. The highest BCUT2D eigenvalue weighted by atomic mass is 16.5. The van der Waals surface area contributed by atoms with Crippen LogP contribution in [-0.4, -0.2) is 12.6 Å². The van der Waals surface area contributed by atoms with Crippen molar-refractivity contribution < 1.29 is 9.53 Å². The maximum absolute atomic E-state index is 10.5. The standard InChI is InChI=1S/C10H18O2/c1-4-6-7-10(5-2)8-12-9(3)11/h6-7,10H,4-5,8H2,1-3H3/b7-6+. The maximum atomic E-state index is 10.5. The normalized spacial score (nSPS) is 13.2. The highest BCUT2D eigenvalue weighted by Crippen LogP contribution is 2.05. The van der Waals surface area contributed by atoms with Crippen molar-refractivity contribution in [2.45, 2.75) is 33.6 Å². The molecule has 0 rings (SSSR count). The number of rotatable bonds is 5. The van der Waals surface area contributed by atoms with Crippen molar-refractivity contribution in [3.05, 3.63) is 12.2 Å². The summed E-state index contributed by atoms with van der Waals surface area (Å²) in [6, 6.07) is 0. The van der Waals surface area contributed by atoms with Gasteiger partial charge in [0.15, 0.2) is 0 Å². The van der Waals surface area contributed by atoms with Crippen molar-refractivity contribution >= 4 is 5.97 Å². The zero-order chi connectivity index (χ0) is 9.40. The summed E-state index contributed by atoms with van der Waals surface area (Å²) in [6.07, 6.45) is 6.28. The quantitative estimate of drug-likeness (QED) is 0.468. The Kier molecular flexibility index (Phi) is 6.44. The molecule has 0 bridgehead atoms. The molecule has 1 unspecified atom stereocenters. The minimum absolute atomic E-state index is 0.196. The third-order valence-corrected chi connectivity index (χ3v) is 1.67. The molecular weight excluding hydrogens is 152 g/mol. The number of carbonyl (C=O) groups is 1. The van der Waals surface area contributed by atoms with E-state index in [2.05, 4.69) is 26.0 Å². The molecule has 2 nitrogen and oxygen atoms in total. The third-order valence-electron chi connectivity index (χ3n) is 1.67. The van der Waals surface area contributed by atoms with Gasteiger partial charge in [-0.2, -0.15) is 0 Å². The Morgan fingerprint density at radius 2 is 2.17 bits per heavy atom. The summed E-state index contributed by atoms with van der Waals surface area (Å²) < 4.78 is 4.90. The number of hydrogen-bond acceptors (Lipinski definition) is 2. The van der Waals surface area contributed by atoms with Crippen LogP contribution in [0.25, 0.3) is 0 Å². The second kappa shape index (κ2) is 6.89. The SMILES string of the molecule is CC/C=C/C(CC)COC(C)=O. The van der Waals surface area contributed by atoms with Crippen LogP contribution in [0, 0.1) is 5.92 Å². The predicted molar refractivity (Wildman–Crippen MR) is 49.8 cm³/mol. The van der Waals surface area contributed by atoms with E-state index in [1.54, 1.807) is 0 Å². The van der Waals surface area contributed by atoms with E-state index in [0.29, 0.717) is 12.5 Å². The summed E-state index contributed by atoms with van der Waals surface area (Å²) >= 11 is 0. The van der Waals surface area contributed by atoms with E-state index in [4.69, 9.17) is 4.74 Å². The molecule has 0 aliphatic carbocycles. The van der Waals surface area contributed by atoms with Crippen LogP contribution in [0.4, 0.5) is 0 Å². The first-order valence-corrected chi connectivity index (χ1v) is 4.50. The third kappa shape index (κ3) is 5.96. The van der Waals surface area contributed by atoms with Crippen molar-refractivity contribution in [1.82, 2.24) is 0 Å².